The van der Waals surface area contributed by atoms with E-state index in [9.17, 15) is 0 Å². The van der Waals surface area contributed by atoms with Crippen molar-refractivity contribution in [2.45, 2.75) is 57.7 Å². The molecule has 2 atom stereocenters. The molecule has 0 radical (unpaired) electrons. The molecule has 2 heterocycles. The normalized spacial score (nSPS) is 40.1. The van der Waals surface area contributed by atoms with Crippen LogP contribution in [0.4, 0.5) is 0 Å². The van der Waals surface area contributed by atoms with E-state index in [1.807, 2.05) is 0 Å². The van der Waals surface area contributed by atoms with Crippen LogP contribution < -0.4 is 5.32 Å². The van der Waals surface area contributed by atoms with Gasteiger partial charge in [-0.15, -0.1) is 0 Å². The van der Waals surface area contributed by atoms with Gasteiger partial charge in [0.05, 0.1) is 6.61 Å². The lowest BCUT2D eigenvalue weighted by Gasteiger charge is -2.52. The predicted octanol–water partition coefficient (Wildman–Crippen LogP) is 1.63. The molecule has 94 valence electrons. The minimum atomic E-state index is 0.257. The van der Waals surface area contributed by atoms with Crippen molar-refractivity contribution >= 4 is 0 Å². The Kier molecular flexibility index (Phi) is 3.30. The Hall–Kier alpha value is -0.120. The average molecular weight is 226 g/mol. The molecule has 2 aliphatic rings. The molecule has 2 aliphatic heterocycles. The molecule has 0 aliphatic carbocycles. The van der Waals surface area contributed by atoms with Gasteiger partial charge in [0.2, 0.25) is 0 Å². The van der Waals surface area contributed by atoms with E-state index in [2.05, 4.69) is 37.9 Å². The summed E-state index contributed by atoms with van der Waals surface area (Å²) in [6.07, 6.45) is 2.39. The van der Waals surface area contributed by atoms with E-state index in [1.165, 1.54) is 12.8 Å². The van der Waals surface area contributed by atoms with Gasteiger partial charge < -0.3 is 10.1 Å². The maximum Gasteiger partial charge on any atom is 0.0622 e. The van der Waals surface area contributed by atoms with E-state index in [0.717, 1.165) is 26.3 Å². The van der Waals surface area contributed by atoms with Gasteiger partial charge in [0.1, 0.15) is 0 Å². The number of rotatable bonds is 2. The summed E-state index contributed by atoms with van der Waals surface area (Å²) in [4.78, 5) is 2.67. The van der Waals surface area contributed by atoms with Gasteiger partial charge in [-0.05, 0) is 33.6 Å². The van der Waals surface area contributed by atoms with Crippen LogP contribution >= 0.6 is 0 Å². The predicted molar refractivity (Wildman–Crippen MR) is 66.7 cm³/mol. The molecule has 0 aromatic carbocycles. The van der Waals surface area contributed by atoms with Crippen molar-refractivity contribution < 1.29 is 4.74 Å². The summed E-state index contributed by atoms with van der Waals surface area (Å²) in [6.45, 7) is 13.4. The minimum absolute atomic E-state index is 0.257. The van der Waals surface area contributed by atoms with Crippen molar-refractivity contribution in [1.82, 2.24) is 10.2 Å². The summed E-state index contributed by atoms with van der Waals surface area (Å²) >= 11 is 0. The Bertz CT molecular complexity index is 248. The first-order valence-corrected chi connectivity index (χ1v) is 6.56. The third kappa shape index (κ3) is 2.27. The summed E-state index contributed by atoms with van der Waals surface area (Å²) in [6, 6.07) is 0.628. The summed E-state index contributed by atoms with van der Waals surface area (Å²) < 4.78 is 5.54. The van der Waals surface area contributed by atoms with Gasteiger partial charge >= 0.3 is 0 Å². The Balaban J connectivity index is 2.11. The fraction of sp³-hybridized carbons (Fsp3) is 1.00. The second kappa shape index (κ2) is 4.28. The van der Waals surface area contributed by atoms with E-state index < -0.39 is 0 Å². The number of piperazine rings is 1. The zero-order chi connectivity index (χ0) is 11.8. The van der Waals surface area contributed by atoms with E-state index in [-0.39, 0.29) is 11.1 Å². The first-order valence-electron chi connectivity index (χ1n) is 6.56. The van der Waals surface area contributed by atoms with Gasteiger partial charge in [0.15, 0.2) is 0 Å². The maximum absolute atomic E-state index is 5.54. The molecule has 3 heteroatoms. The zero-order valence-corrected chi connectivity index (χ0v) is 11.2. The third-order valence-corrected chi connectivity index (χ3v) is 4.37. The van der Waals surface area contributed by atoms with Crippen molar-refractivity contribution in [3.8, 4) is 0 Å². The van der Waals surface area contributed by atoms with Crippen molar-refractivity contribution in [3.05, 3.63) is 0 Å². The van der Waals surface area contributed by atoms with Crippen molar-refractivity contribution in [2.75, 3.05) is 26.3 Å². The fourth-order valence-electron chi connectivity index (χ4n) is 2.81. The number of nitrogens with one attached hydrogen (secondary N) is 1. The van der Waals surface area contributed by atoms with Gasteiger partial charge in [-0.25, -0.2) is 0 Å². The first-order chi connectivity index (χ1) is 7.47. The van der Waals surface area contributed by atoms with Crippen molar-refractivity contribution in [3.63, 3.8) is 0 Å². The number of hydrogen-bond acceptors (Lipinski definition) is 3. The molecule has 2 saturated heterocycles. The van der Waals surface area contributed by atoms with E-state index in [0.29, 0.717) is 6.04 Å². The quantitative estimate of drug-likeness (QED) is 0.774. The number of nitrogens with zero attached hydrogens (tertiary/aromatic N) is 1. The van der Waals surface area contributed by atoms with Gasteiger partial charge in [-0.3, -0.25) is 4.90 Å². The van der Waals surface area contributed by atoms with E-state index in [4.69, 9.17) is 4.74 Å². The van der Waals surface area contributed by atoms with Gasteiger partial charge in [-0.2, -0.15) is 0 Å². The third-order valence-electron chi connectivity index (χ3n) is 4.37. The topological polar surface area (TPSA) is 24.5 Å². The van der Waals surface area contributed by atoms with Crippen molar-refractivity contribution in [1.29, 1.82) is 0 Å². The lowest BCUT2D eigenvalue weighted by atomic mass is 9.87. The summed E-state index contributed by atoms with van der Waals surface area (Å²) in [5.41, 5.74) is 0.533. The summed E-state index contributed by atoms with van der Waals surface area (Å²) in [5, 5.41) is 3.71. The second-order valence-corrected chi connectivity index (χ2v) is 6.23. The SMILES string of the molecule is CCC1(C)CN(C2CCOC2)C(C)(C)CN1. The smallest absolute Gasteiger partial charge is 0.0622 e. The van der Waals surface area contributed by atoms with Gasteiger partial charge in [0, 0.05) is 36.8 Å². The molecule has 1 N–H and O–H groups in total. The molecule has 0 spiro atoms. The number of ether oxygens (including phenoxy) is 1. The van der Waals surface area contributed by atoms with Crippen LogP contribution in [0.15, 0.2) is 0 Å². The molecule has 2 rings (SSSR count). The molecule has 3 nitrogen and oxygen atoms in total. The average Bonchev–Trinajstić information content (AvgIpc) is 2.75. The molecule has 0 aromatic heterocycles. The Morgan fingerprint density at radius 1 is 1.38 bits per heavy atom. The molecule has 2 unspecified atom stereocenters. The molecule has 0 bridgehead atoms. The lowest BCUT2D eigenvalue weighted by Crippen LogP contribution is -2.69. The largest absolute Gasteiger partial charge is 0.380 e. The Morgan fingerprint density at radius 2 is 2.12 bits per heavy atom. The molecule has 2 fully saturated rings. The fourth-order valence-corrected chi connectivity index (χ4v) is 2.81. The van der Waals surface area contributed by atoms with Gasteiger partial charge in [0.25, 0.3) is 0 Å². The van der Waals surface area contributed by atoms with Crippen LogP contribution in [0.2, 0.25) is 0 Å². The van der Waals surface area contributed by atoms with E-state index >= 15 is 0 Å². The monoisotopic (exact) mass is 226 g/mol. The second-order valence-electron chi connectivity index (χ2n) is 6.23. The van der Waals surface area contributed by atoms with Crippen LogP contribution in [-0.2, 0) is 4.74 Å². The highest BCUT2D eigenvalue weighted by atomic mass is 16.5. The number of hydrogen-bond donors (Lipinski definition) is 1. The minimum Gasteiger partial charge on any atom is -0.380 e. The van der Waals surface area contributed by atoms with Crippen LogP contribution in [0.3, 0.4) is 0 Å². The first kappa shape index (κ1) is 12.3. The molecule has 0 amide bonds. The highest BCUT2D eigenvalue weighted by Gasteiger charge is 2.43. The summed E-state index contributed by atoms with van der Waals surface area (Å²) in [7, 11) is 0. The van der Waals surface area contributed by atoms with Crippen LogP contribution in [0.25, 0.3) is 0 Å². The molecule has 0 aromatic rings. The molecule has 0 saturated carbocycles. The van der Waals surface area contributed by atoms with E-state index in [1.54, 1.807) is 0 Å². The highest BCUT2D eigenvalue weighted by molar-refractivity contribution is 5.01. The molecule has 16 heavy (non-hydrogen) atoms. The van der Waals surface area contributed by atoms with Crippen LogP contribution in [-0.4, -0.2) is 48.3 Å². The highest BCUT2D eigenvalue weighted by Crippen LogP contribution is 2.30. The summed E-state index contributed by atoms with van der Waals surface area (Å²) in [5.74, 6) is 0. The molecular weight excluding hydrogens is 200 g/mol. The van der Waals surface area contributed by atoms with Gasteiger partial charge in [-0.1, -0.05) is 6.92 Å². The zero-order valence-electron chi connectivity index (χ0n) is 11.2. The Labute approximate surface area is 99.5 Å². The van der Waals surface area contributed by atoms with Crippen LogP contribution in [0.5, 0.6) is 0 Å². The Morgan fingerprint density at radius 3 is 2.69 bits per heavy atom. The maximum atomic E-state index is 5.54. The lowest BCUT2D eigenvalue weighted by molar-refractivity contribution is -0.00661. The standard InChI is InChI=1S/C13H26N2O/c1-5-13(4)10-15(11-6-7-16-8-11)12(2,3)9-14-13/h11,14H,5-10H2,1-4H3. The van der Waals surface area contributed by atoms with Crippen LogP contribution in [0, 0.1) is 0 Å². The van der Waals surface area contributed by atoms with Crippen LogP contribution in [0.1, 0.15) is 40.5 Å². The van der Waals surface area contributed by atoms with Crippen molar-refractivity contribution in [2.24, 2.45) is 0 Å². The molecular formula is C13H26N2O.